The highest BCUT2D eigenvalue weighted by atomic mass is 79.9. The van der Waals surface area contributed by atoms with Crippen molar-refractivity contribution < 1.29 is 13.6 Å². The molecule has 3 nitrogen and oxygen atoms in total. The number of alkyl halides is 3. The molecule has 0 saturated heterocycles. The van der Waals surface area contributed by atoms with Crippen molar-refractivity contribution in [1.82, 2.24) is 9.88 Å². The van der Waals surface area contributed by atoms with E-state index < -0.39 is 18.9 Å². The summed E-state index contributed by atoms with van der Waals surface area (Å²) < 4.78 is 24.5. The largest absolute Gasteiger partial charge is 0.332 e. The summed E-state index contributed by atoms with van der Waals surface area (Å²) in [6, 6.07) is 3.16. The van der Waals surface area contributed by atoms with Crippen molar-refractivity contribution in [3.8, 4) is 0 Å². The van der Waals surface area contributed by atoms with E-state index in [1.807, 2.05) is 0 Å². The summed E-state index contributed by atoms with van der Waals surface area (Å²) in [7, 11) is 0. The van der Waals surface area contributed by atoms with Gasteiger partial charge in [-0.25, -0.2) is 8.78 Å². The summed E-state index contributed by atoms with van der Waals surface area (Å²) in [5.41, 5.74) is 0.323. The normalized spacial score (nSPS) is 10.5. The summed E-state index contributed by atoms with van der Waals surface area (Å²) in [5.74, 6) is -0.423. The van der Waals surface area contributed by atoms with Crippen molar-refractivity contribution >= 4 is 21.8 Å². The zero-order valence-electron chi connectivity index (χ0n) is 8.44. The summed E-state index contributed by atoms with van der Waals surface area (Å²) in [5, 5.41) is 0.464. The van der Waals surface area contributed by atoms with Crippen LogP contribution < -0.4 is 0 Å². The first kappa shape index (κ1) is 13.0. The maximum absolute atomic E-state index is 12.3. The van der Waals surface area contributed by atoms with E-state index >= 15 is 0 Å². The second kappa shape index (κ2) is 6.52. The molecule has 0 saturated carbocycles. The van der Waals surface area contributed by atoms with E-state index in [-0.39, 0.29) is 6.54 Å². The molecule has 1 aromatic rings. The Morgan fingerprint density at radius 3 is 2.81 bits per heavy atom. The number of rotatable bonds is 5. The van der Waals surface area contributed by atoms with Crippen molar-refractivity contribution in [3.05, 3.63) is 30.1 Å². The highest BCUT2D eigenvalue weighted by Crippen LogP contribution is 2.06. The molecule has 1 aromatic heterocycles. The Labute approximate surface area is 101 Å². The van der Waals surface area contributed by atoms with E-state index in [9.17, 15) is 13.6 Å². The molecule has 0 aliphatic heterocycles. The molecule has 0 N–H and O–H groups in total. The van der Waals surface area contributed by atoms with Crippen molar-refractivity contribution in [3.63, 3.8) is 0 Å². The summed E-state index contributed by atoms with van der Waals surface area (Å²) >= 11 is 3.13. The van der Waals surface area contributed by atoms with Crippen LogP contribution in [0.15, 0.2) is 24.5 Å². The van der Waals surface area contributed by atoms with Crippen molar-refractivity contribution in [1.29, 1.82) is 0 Å². The molecule has 0 radical (unpaired) electrons. The molecule has 0 aromatic carbocycles. The summed E-state index contributed by atoms with van der Waals surface area (Å²) in [6.07, 6.45) is 0.368. The molecule has 0 unspecified atom stereocenters. The first-order chi connectivity index (χ1) is 7.65. The van der Waals surface area contributed by atoms with Gasteiger partial charge < -0.3 is 4.90 Å². The number of pyridine rings is 1. The van der Waals surface area contributed by atoms with Crippen molar-refractivity contribution in [2.24, 2.45) is 0 Å². The van der Waals surface area contributed by atoms with Gasteiger partial charge in [0.1, 0.15) is 0 Å². The molecule has 0 fully saturated rings. The van der Waals surface area contributed by atoms with Gasteiger partial charge in [-0.15, -0.1) is 0 Å². The fourth-order valence-electron chi connectivity index (χ4n) is 1.22. The van der Waals surface area contributed by atoms with E-state index in [0.29, 0.717) is 10.9 Å². The predicted octanol–water partition coefficient (Wildman–Crippen LogP) is 2.18. The van der Waals surface area contributed by atoms with Crippen LogP contribution in [0.5, 0.6) is 0 Å². The Kier molecular flexibility index (Phi) is 5.31. The van der Waals surface area contributed by atoms with Gasteiger partial charge in [-0.2, -0.15) is 0 Å². The van der Waals surface area contributed by atoms with Crippen LogP contribution in [0.1, 0.15) is 10.4 Å². The van der Waals surface area contributed by atoms with Gasteiger partial charge >= 0.3 is 0 Å². The fourth-order valence-corrected chi connectivity index (χ4v) is 1.64. The number of nitrogens with zero attached hydrogens (tertiary/aromatic N) is 2. The number of aromatic nitrogens is 1. The third-order valence-corrected chi connectivity index (χ3v) is 2.26. The van der Waals surface area contributed by atoms with E-state index in [1.165, 1.54) is 12.4 Å². The number of hydrogen-bond acceptors (Lipinski definition) is 2. The van der Waals surface area contributed by atoms with E-state index in [0.717, 1.165) is 4.90 Å². The molecule has 0 aliphatic carbocycles. The Morgan fingerprint density at radius 1 is 1.56 bits per heavy atom. The maximum Gasteiger partial charge on any atom is 0.255 e. The number of halogens is 3. The molecule has 0 aliphatic rings. The van der Waals surface area contributed by atoms with Crippen molar-refractivity contribution in [2.45, 2.75) is 6.43 Å². The van der Waals surface area contributed by atoms with Gasteiger partial charge in [0, 0.05) is 24.3 Å². The molecule has 16 heavy (non-hydrogen) atoms. The van der Waals surface area contributed by atoms with Gasteiger partial charge in [0.2, 0.25) is 0 Å². The molecular formula is C10H11BrF2N2O. The van der Waals surface area contributed by atoms with Gasteiger partial charge in [0.15, 0.2) is 0 Å². The third-order valence-electron chi connectivity index (χ3n) is 1.91. The number of carbonyl (C=O) groups is 1. The number of carbonyl (C=O) groups excluding carboxylic acids is 1. The maximum atomic E-state index is 12.3. The smallest absolute Gasteiger partial charge is 0.255 e. The standard InChI is InChI=1S/C10H11BrF2N2O/c11-3-5-15(7-9(12)13)10(16)8-2-1-4-14-6-8/h1-2,4,6,9H,3,5,7H2. The lowest BCUT2D eigenvalue weighted by Gasteiger charge is -2.21. The van der Waals surface area contributed by atoms with Crippen LogP contribution in [0.25, 0.3) is 0 Å². The Balaban J connectivity index is 2.74. The number of hydrogen-bond donors (Lipinski definition) is 0. The van der Waals surface area contributed by atoms with Gasteiger partial charge in [0.05, 0.1) is 12.1 Å². The van der Waals surface area contributed by atoms with Crippen LogP contribution in [0.3, 0.4) is 0 Å². The van der Waals surface area contributed by atoms with E-state index in [4.69, 9.17) is 0 Å². The van der Waals surface area contributed by atoms with E-state index in [2.05, 4.69) is 20.9 Å². The Bertz CT molecular complexity index is 335. The number of amides is 1. The average Bonchev–Trinajstić information content (AvgIpc) is 2.28. The van der Waals surface area contributed by atoms with Gasteiger partial charge in [-0.05, 0) is 12.1 Å². The molecule has 0 spiro atoms. The zero-order chi connectivity index (χ0) is 12.0. The minimum atomic E-state index is -2.53. The lowest BCUT2D eigenvalue weighted by atomic mass is 10.2. The average molecular weight is 293 g/mol. The minimum absolute atomic E-state index is 0.248. The van der Waals surface area contributed by atoms with Crippen LogP contribution in [0.2, 0.25) is 0 Å². The second-order valence-electron chi connectivity index (χ2n) is 3.07. The molecule has 88 valence electrons. The Hall–Kier alpha value is -1.04. The SMILES string of the molecule is O=C(c1cccnc1)N(CCBr)CC(F)F. The molecule has 1 amide bonds. The van der Waals surface area contributed by atoms with E-state index in [1.54, 1.807) is 12.1 Å². The van der Waals surface area contributed by atoms with Crippen LogP contribution in [0.4, 0.5) is 8.78 Å². The fraction of sp³-hybridized carbons (Fsp3) is 0.400. The van der Waals surface area contributed by atoms with Gasteiger partial charge in [-0.1, -0.05) is 15.9 Å². The molecule has 1 heterocycles. The molecular weight excluding hydrogens is 282 g/mol. The monoisotopic (exact) mass is 292 g/mol. The molecule has 1 rings (SSSR count). The topological polar surface area (TPSA) is 33.2 Å². The molecule has 6 heteroatoms. The van der Waals surface area contributed by atoms with Gasteiger partial charge in [-0.3, -0.25) is 9.78 Å². The minimum Gasteiger partial charge on any atom is -0.332 e. The first-order valence-electron chi connectivity index (χ1n) is 4.68. The van der Waals surface area contributed by atoms with Crippen LogP contribution in [0, 0.1) is 0 Å². The summed E-state index contributed by atoms with van der Waals surface area (Å²) in [4.78, 5) is 16.7. The van der Waals surface area contributed by atoms with Crippen LogP contribution in [-0.4, -0.2) is 40.6 Å². The molecule has 0 bridgehead atoms. The van der Waals surface area contributed by atoms with Crippen LogP contribution in [-0.2, 0) is 0 Å². The zero-order valence-corrected chi connectivity index (χ0v) is 10.0. The highest BCUT2D eigenvalue weighted by molar-refractivity contribution is 9.09. The summed E-state index contributed by atoms with van der Waals surface area (Å²) in [6.45, 7) is -0.308. The van der Waals surface area contributed by atoms with Crippen molar-refractivity contribution in [2.75, 3.05) is 18.4 Å². The predicted molar refractivity (Wildman–Crippen MR) is 59.9 cm³/mol. The quantitative estimate of drug-likeness (QED) is 0.780. The van der Waals surface area contributed by atoms with Crippen LogP contribution >= 0.6 is 15.9 Å². The lowest BCUT2D eigenvalue weighted by molar-refractivity contribution is 0.0572. The Morgan fingerprint density at radius 2 is 2.31 bits per heavy atom. The lowest BCUT2D eigenvalue weighted by Crippen LogP contribution is -2.36. The molecule has 0 atom stereocenters. The second-order valence-corrected chi connectivity index (χ2v) is 3.87. The first-order valence-corrected chi connectivity index (χ1v) is 5.80. The van der Waals surface area contributed by atoms with Gasteiger partial charge in [0.25, 0.3) is 12.3 Å². The highest BCUT2D eigenvalue weighted by Gasteiger charge is 2.18. The third kappa shape index (κ3) is 3.84.